The molecule has 6 unspecified atom stereocenters. The molecule has 1 N–H and O–H groups in total. The molecule has 4 fully saturated rings. The molecule has 4 aliphatic heterocycles. The summed E-state index contributed by atoms with van der Waals surface area (Å²) in [6, 6.07) is 0. The Bertz CT molecular complexity index is 579. The third-order valence-electron chi connectivity index (χ3n) is 6.69. The fourth-order valence-electron chi connectivity index (χ4n) is 5.83. The average Bonchev–Trinajstić information content (AvgIpc) is 2.54. The summed E-state index contributed by atoms with van der Waals surface area (Å²) in [6.07, 6.45) is 2.12. The second kappa shape index (κ2) is 5.54. The van der Waals surface area contributed by atoms with E-state index in [1.807, 2.05) is 20.8 Å². The van der Waals surface area contributed by atoms with Crippen LogP contribution in [0.15, 0.2) is 12.7 Å². The molecule has 25 heavy (non-hydrogen) atoms. The lowest BCUT2D eigenvalue weighted by Crippen LogP contribution is -2.79. The Morgan fingerprint density at radius 2 is 1.96 bits per heavy atom. The predicted molar refractivity (Wildman–Crippen MR) is 94.1 cm³/mol. The number of hydrogen-bond donors (Lipinski definition) is 1. The topological polar surface area (TPSA) is 65.0 Å². The van der Waals surface area contributed by atoms with Crippen molar-refractivity contribution in [3.63, 3.8) is 0 Å². The van der Waals surface area contributed by atoms with Gasteiger partial charge in [0, 0.05) is 5.92 Å². The van der Waals surface area contributed by atoms with Gasteiger partial charge < -0.3 is 19.3 Å². The molecule has 6 atom stereocenters. The van der Waals surface area contributed by atoms with E-state index in [0.29, 0.717) is 12.8 Å². The van der Waals surface area contributed by atoms with Gasteiger partial charge in [0.2, 0.25) is 0 Å². The molecule has 4 rings (SSSR count). The molecular weight excluding hydrogens is 320 g/mol. The first-order chi connectivity index (χ1) is 11.4. The molecule has 5 nitrogen and oxygen atoms in total. The van der Waals surface area contributed by atoms with E-state index in [1.54, 1.807) is 13.0 Å². The van der Waals surface area contributed by atoms with Crippen molar-refractivity contribution in [1.82, 2.24) is 0 Å². The van der Waals surface area contributed by atoms with E-state index < -0.39 is 29.0 Å². The van der Waals surface area contributed by atoms with Crippen molar-refractivity contribution in [3.05, 3.63) is 12.7 Å². The Labute approximate surface area is 150 Å². The molecular formula is C20H32O5. The zero-order chi connectivity index (χ0) is 18.8. The molecule has 0 aliphatic carbocycles. The summed E-state index contributed by atoms with van der Waals surface area (Å²) in [5.74, 6) is -0.579. The van der Waals surface area contributed by atoms with Crippen molar-refractivity contribution in [3.8, 4) is 0 Å². The minimum absolute atomic E-state index is 0.195. The van der Waals surface area contributed by atoms with E-state index in [4.69, 9.17) is 14.2 Å². The van der Waals surface area contributed by atoms with Crippen molar-refractivity contribution in [1.29, 1.82) is 0 Å². The van der Waals surface area contributed by atoms with E-state index >= 15 is 0 Å². The Kier molecular flexibility index (Phi) is 4.18. The minimum Gasteiger partial charge on any atom is -0.460 e. The highest BCUT2D eigenvalue weighted by Crippen LogP contribution is 2.61. The summed E-state index contributed by atoms with van der Waals surface area (Å²) in [5, 5.41) is 11.6. The van der Waals surface area contributed by atoms with Gasteiger partial charge >= 0.3 is 5.97 Å². The van der Waals surface area contributed by atoms with Gasteiger partial charge in [-0.05, 0) is 52.4 Å². The first-order valence-corrected chi connectivity index (χ1v) is 9.29. The highest BCUT2D eigenvalue weighted by Gasteiger charge is 2.73. The van der Waals surface area contributed by atoms with Crippen LogP contribution in [0.4, 0.5) is 0 Å². The Hall–Kier alpha value is -0.910. The summed E-state index contributed by atoms with van der Waals surface area (Å²) in [4.78, 5) is 12.6. The van der Waals surface area contributed by atoms with Crippen LogP contribution in [-0.4, -0.2) is 46.2 Å². The van der Waals surface area contributed by atoms with Gasteiger partial charge in [0.1, 0.15) is 11.7 Å². The molecule has 0 amide bonds. The summed E-state index contributed by atoms with van der Waals surface area (Å²) < 4.78 is 18.8. The van der Waals surface area contributed by atoms with E-state index in [-0.39, 0.29) is 23.4 Å². The monoisotopic (exact) mass is 352 g/mol. The van der Waals surface area contributed by atoms with Crippen LogP contribution in [0, 0.1) is 11.3 Å². The van der Waals surface area contributed by atoms with Gasteiger partial charge in [-0.2, -0.15) is 0 Å². The molecule has 4 saturated heterocycles. The lowest BCUT2D eigenvalue weighted by molar-refractivity contribution is -0.381. The molecule has 0 saturated carbocycles. The molecule has 0 radical (unpaired) electrons. The van der Waals surface area contributed by atoms with Gasteiger partial charge in [0.15, 0.2) is 6.10 Å². The fourth-order valence-corrected chi connectivity index (χ4v) is 5.83. The second-order valence-electron chi connectivity index (χ2n) is 9.35. The van der Waals surface area contributed by atoms with Crippen LogP contribution in [-0.2, 0) is 19.0 Å². The summed E-state index contributed by atoms with van der Waals surface area (Å²) in [7, 11) is 0. The van der Waals surface area contributed by atoms with Crippen molar-refractivity contribution >= 4 is 5.97 Å². The number of ether oxygens (including phenoxy) is 3. The smallest absolute Gasteiger partial charge is 0.338 e. The van der Waals surface area contributed by atoms with Crippen LogP contribution >= 0.6 is 0 Å². The van der Waals surface area contributed by atoms with Crippen LogP contribution in [0.25, 0.3) is 0 Å². The number of esters is 1. The molecule has 4 aliphatic rings. The molecule has 5 heteroatoms. The SMILES string of the molecule is C=CCC(C)(O)C12OC3CCC(C)(C)C1C(C)OC(=O)C3OC2(C)C. The number of fused-ring (bicyclic) bond motifs is 3. The van der Waals surface area contributed by atoms with Crippen LogP contribution in [0.3, 0.4) is 0 Å². The molecule has 0 aromatic carbocycles. The van der Waals surface area contributed by atoms with Crippen molar-refractivity contribution in [2.24, 2.45) is 11.3 Å². The van der Waals surface area contributed by atoms with E-state index in [0.717, 1.165) is 6.42 Å². The highest BCUT2D eigenvalue weighted by atomic mass is 16.7. The molecule has 4 bridgehead atoms. The number of rotatable bonds is 3. The summed E-state index contributed by atoms with van der Waals surface area (Å²) in [6.45, 7) is 15.7. The van der Waals surface area contributed by atoms with Gasteiger partial charge in [-0.3, -0.25) is 0 Å². The first-order valence-electron chi connectivity index (χ1n) is 9.29. The second-order valence-corrected chi connectivity index (χ2v) is 9.35. The van der Waals surface area contributed by atoms with Crippen LogP contribution in [0.5, 0.6) is 0 Å². The van der Waals surface area contributed by atoms with Crippen molar-refractivity contribution in [2.75, 3.05) is 0 Å². The zero-order valence-corrected chi connectivity index (χ0v) is 16.3. The molecule has 0 aromatic heterocycles. The van der Waals surface area contributed by atoms with Gasteiger partial charge in [-0.25, -0.2) is 4.79 Å². The predicted octanol–water partition coefficient (Wildman–Crippen LogP) is 3.00. The van der Waals surface area contributed by atoms with E-state index in [9.17, 15) is 9.90 Å². The largest absolute Gasteiger partial charge is 0.460 e. The van der Waals surface area contributed by atoms with Gasteiger partial charge in [-0.15, -0.1) is 6.58 Å². The van der Waals surface area contributed by atoms with E-state index in [2.05, 4.69) is 20.4 Å². The molecule has 142 valence electrons. The summed E-state index contributed by atoms with van der Waals surface area (Å²) in [5.41, 5.74) is -3.29. The first kappa shape index (κ1) is 18.9. The average molecular weight is 352 g/mol. The minimum atomic E-state index is -1.22. The van der Waals surface area contributed by atoms with Gasteiger partial charge in [-0.1, -0.05) is 19.9 Å². The maximum absolute atomic E-state index is 12.6. The van der Waals surface area contributed by atoms with Gasteiger partial charge in [0.25, 0.3) is 0 Å². The van der Waals surface area contributed by atoms with Crippen molar-refractivity contribution in [2.45, 2.75) is 95.9 Å². The zero-order valence-electron chi connectivity index (χ0n) is 16.3. The Morgan fingerprint density at radius 1 is 1.32 bits per heavy atom. The number of aliphatic hydroxyl groups is 1. The number of hydrogen-bond acceptors (Lipinski definition) is 5. The number of carbonyl (C=O) groups excluding carboxylic acids is 1. The normalized spacial score (nSPS) is 44.2. The van der Waals surface area contributed by atoms with Crippen LogP contribution < -0.4 is 0 Å². The maximum Gasteiger partial charge on any atom is 0.338 e. The van der Waals surface area contributed by atoms with Crippen molar-refractivity contribution < 1.29 is 24.1 Å². The lowest BCUT2D eigenvalue weighted by Gasteiger charge is -2.64. The number of carbonyl (C=O) groups is 1. The Morgan fingerprint density at radius 3 is 2.56 bits per heavy atom. The molecule has 0 spiro atoms. The Balaban J connectivity index is 2.31. The third-order valence-corrected chi connectivity index (χ3v) is 6.69. The van der Waals surface area contributed by atoms with E-state index in [1.165, 1.54) is 0 Å². The fraction of sp³-hybridized carbons (Fsp3) is 0.850. The quantitative estimate of drug-likeness (QED) is 0.625. The molecule has 0 aromatic rings. The summed E-state index contributed by atoms with van der Waals surface area (Å²) >= 11 is 0. The lowest BCUT2D eigenvalue weighted by atomic mass is 9.55. The third kappa shape index (κ3) is 2.42. The highest BCUT2D eigenvalue weighted by molar-refractivity contribution is 5.76. The molecule has 4 heterocycles. The maximum atomic E-state index is 12.6. The van der Waals surface area contributed by atoms with Crippen LogP contribution in [0.1, 0.15) is 60.8 Å². The van der Waals surface area contributed by atoms with Gasteiger partial charge in [0.05, 0.1) is 17.3 Å². The standard InChI is InChI=1S/C20H32O5/c1-8-10-19(7,22)20-15-12(2)23-16(21)14(25-18(20,5)6)13(24-20)9-11-17(15,3)4/h8,12-15,22H,1,9-11H2,2-7H3. The van der Waals surface area contributed by atoms with Crippen LogP contribution in [0.2, 0.25) is 0 Å².